The Morgan fingerprint density at radius 2 is 2.00 bits per heavy atom. The van der Waals surface area contributed by atoms with Gasteiger partial charge in [-0.2, -0.15) is 0 Å². The molecule has 1 aliphatic rings. The van der Waals surface area contributed by atoms with Crippen LogP contribution in [0.5, 0.6) is 17.5 Å². The average Bonchev–Trinajstić information content (AvgIpc) is 2.67. The number of para-hydroxylation sites is 1. The molecule has 19 heavy (non-hydrogen) atoms. The second-order valence-electron chi connectivity index (χ2n) is 5.07. The molecule has 0 saturated carbocycles. The number of fused-ring (bicyclic) bond motifs is 1. The topological polar surface area (TPSA) is 44.2 Å². The Morgan fingerprint density at radius 3 is 2.74 bits per heavy atom. The number of benzene rings is 1. The number of rotatable bonds is 2. The maximum atomic E-state index is 5.94. The van der Waals surface area contributed by atoms with Crippen LogP contribution in [0.1, 0.15) is 19.4 Å². The van der Waals surface area contributed by atoms with E-state index in [0.29, 0.717) is 11.8 Å². The smallest absolute Gasteiger partial charge is 0.322 e. The summed E-state index contributed by atoms with van der Waals surface area (Å²) in [6.07, 6.45) is 4.32. The van der Waals surface area contributed by atoms with Crippen molar-refractivity contribution in [2.45, 2.75) is 25.9 Å². The lowest BCUT2D eigenvalue weighted by atomic mass is 10.0. The lowest BCUT2D eigenvalue weighted by Crippen LogP contribution is -2.24. The van der Waals surface area contributed by atoms with Gasteiger partial charge in [-0.25, -0.2) is 9.97 Å². The van der Waals surface area contributed by atoms with Gasteiger partial charge in [0.2, 0.25) is 0 Å². The normalized spacial score (nSPS) is 15.7. The van der Waals surface area contributed by atoms with Crippen molar-refractivity contribution in [3.8, 4) is 17.5 Å². The molecule has 3 rings (SSSR count). The Kier molecular flexibility index (Phi) is 3.08. The summed E-state index contributed by atoms with van der Waals surface area (Å²) in [6.45, 7) is 4.14. The maximum absolute atomic E-state index is 5.94. The van der Waals surface area contributed by atoms with Crippen LogP contribution >= 0.6 is 22.6 Å². The lowest BCUT2D eigenvalue weighted by Gasteiger charge is -2.17. The van der Waals surface area contributed by atoms with Crippen molar-refractivity contribution in [2.24, 2.45) is 0 Å². The average molecular weight is 368 g/mol. The Bertz CT molecular complexity index is 611. The second kappa shape index (κ2) is 4.63. The Morgan fingerprint density at radius 1 is 1.26 bits per heavy atom. The summed E-state index contributed by atoms with van der Waals surface area (Å²) >= 11 is 2.16. The zero-order chi connectivity index (χ0) is 13.5. The third-order valence-corrected chi connectivity index (χ3v) is 3.41. The van der Waals surface area contributed by atoms with Crippen LogP contribution in [0.3, 0.4) is 0 Å². The summed E-state index contributed by atoms with van der Waals surface area (Å²) in [4.78, 5) is 8.28. The minimum absolute atomic E-state index is 0.186. The summed E-state index contributed by atoms with van der Waals surface area (Å²) in [5.74, 6) is 1.47. The number of ether oxygens (including phenoxy) is 2. The molecule has 0 fully saturated rings. The van der Waals surface area contributed by atoms with E-state index in [4.69, 9.17) is 9.47 Å². The monoisotopic (exact) mass is 368 g/mol. The molecule has 0 aliphatic carbocycles. The summed E-state index contributed by atoms with van der Waals surface area (Å²) in [7, 11) is 0. The Balaban J connectivity index is 1.91. The van der Waals surface area contributed by atoms with Gasteiger partial charge < -0.3 is 9.47 Å². The van der Waals surface area contributed by atoms with Crippen LogP contribution in [-0.4, -0.2) is 15.6 Å². The first-order valence-electron chi connectivity index (χ1n) is 6.00. The van der Waals surface area contributed by atoms with Crippen LogP contribution in [-0.2, 0) is 6.42 Å². The van der Waals surface area contributed by atoms with Crippen molar-refractivity contribution in [1.29, 1.82) is 0 Å². The zero-order valence-corrected chi connectivity index (χ0v) is 12.8. The van der Waals surface area contributed by atoms with Crippen molar-refractivity contribution in [3.63, 3.8) is 0 Å². The summed E-state index contributed by atoms with van der Waals surface area (Å²) in [5, 5.41) is 0. The molecule has 0 amide bonds. The molecule has 0 N–H and O–H groups in total. The van der Waals surface area contributed by atoms with Crippen molar-refractivity contribution in [3.05, 3.63) is 39.7 Å². The van der Waals surface area contributed by atoms with Crippen molar-refractivity contribution in [1.82, 2.24) is 9.97 Å². The number of nitrogens with zero attached hydrogens (tertiary/aromatic N) is 2. The molecule has 0 unspecified atom stereocenters. The van der Waals surface area contributed by atoms with Crippen LogP contribution < -0.4 is 9.47 Å². The highest BCUT2D eigenvalue weighted by Gasteiger charge is 2.32. The quantitative estimate of drug-likeness (QED) is 0.760. The standard InChI is InChI=1S/C14H13IN2O2/c1-14(2)6-9-4-3-5-11(12(9)19-14)18-13-16-7-10(15)8-17-13/h3-5,7-8H,6H2,1-2H3. The van der Waals surface area contributed by atoms with Crippen molar-refractivity contribution < 1.29 is 9.47 Å². The fourth-order valence-corrected chi connectivity index (χ4v) is 2.40. The summed E-state index contributed by atoms with van der Waals surface area (Å²) in [5.41, 5.74) is 0.974. The molecule has 0 spiro atoms. The molecule has 4 nitrogen and oxygen atoms in total. The van der Waals surface area contributed by atoms with Gasteiger partial charge in [-0.05, 0) is 42.5 Å². The van der Waals surface area contributed by atoms with E-state index in [0.717, 1.165) is 21.3 Å². The molecule has 2 aromatic rings. The Hall–Kier alpha value is -1.37. The van der Waals surface area contributed by atoms with E-state index in [2.05, 4.69) is 52.5 Å². The number of aromatic nitrogens is 2. The largest absolute Gasteiger partial charge is 0.483 e. The van der Waals surface area contributed by atoms with Gasteiger partial charge in [0.15, 0.2) is 11.5 Å². The van der Waals surface area contributed by atoms with Crippen LogP contribution in [0.15, 0.2) is 30.6 Å². The maximum Gasteiger partial charge on any atom is 0.322 e. The molecule has 1 aromatic carbocycles. The molecule has 1 aliphatic heterocycles. The minimum atomic E-state index is -0.186. The minimum Gasteiger partial charge on any atom is -0.483 e. The van der Waals surface area contributed by atoms with Crippen molar-refractivity contribution >= 4 is 22.6 Å². The van der Waals surface area contributed by atoms with E-state index >= 15 is 0 Å². The predicted octanol–water partition coefficient (Wildman–Crippen LogP) is 3.59. The molecular formula is C14H13IN2O2. The highest BCUT2D eigenvalue weighted by atomic mass is 127. The molecule has 98 valence electrons. The third kappa shape index (κ3) is 2.65. The van der Waals surface area contributed by atoms with Gasteiger partial charge in [0.05, 0.1) is 0 Å². The zero-order valence-electron chi connectivity index (χ0n) is 10.7. The number of hydrogen-bond acceptors (Lipinski definition) is 4. The van der Waals surface area contributed by atoms with Gasteiger partial charge >= 0.3 is 6.01 Å². The fourth-order valence-electron chi connectivity index (χ4n) is 2.12. The predicted molar refractivity (Wildman–Crippen MR) is 79.7 cm³/mol. The third-order valence-electron chi connectivity index (χ3n) is 2.85. The highest BCUT2D eigenvalue weighted by molar-refractivity contribution is 14.1. The van der Waals surface area contributed by atoms with Gasteiger partial charge in [0, 0.05) is 27.9 Å². The first kappa shape index (κ1) is 12.7. The second-order valence-corrected chi connectivity index (χ2v) is 6.31. The van der Waals surface area contributed by atoms with Gasteiger partial charge in [-0.1, -0.05) is 12.1 Å². The molecule has 0 bridgehead atoms. The molecule has 0 atom stereocenters. The number of hydrogen-bond donors (Lipinski definition) is 0. The van der Waals surface area contributed by atoms with Gasteiger partial charge in [-0.3, -0.25) is 0 Å². The number of halogens is 1. The van der Waals surface area contributed by atoms with Gasteiger partial charge in [-0.15, -0.1) is 0 Å². The first-order valence-corrected chi connectivity index (χ1v) is 7.08. The van der Waals surface area contributed by atoms with Crippen molar-refractivity contribution in [2.75, 3.05) is 0 Å². The van der Waals surface area contributed by atoms with E-state index in [9.17, 15) is 0 Å². The van der Waals surface area contributed by atoms with E-state index in [1.165, 1.54) is 0 Å². The molecule has 1 aromatic heterocycles. The first-order chi connectivity index (χ1) is 9.03. The summed E-state index contributed by atoms with van der Waals surface area (Å²) < 4.78 is 12.6. The van der Waals surface area contributed by atoms with E-state index in [-0.39, 0.29) is 5.60 Å². The lowest BCUT2D eigenvalue weighted by molar-refractivity contribution is 0.134. The highest BCUT2D eigenvalue weighted by Crippen LogP contribution is 2.42. The molecular weight excluding hydrogens is 355 g/mol. The Labute approximate surface area is 125 Å². The molecule has 5 heteroatoms. The van der Waals surface area contributed by atoms with E-state index < -0.39 is 0 Å². The fraction of sp³-hybridized carbons (Fsp3) is 0.286. The van der Waals surface area contributed by atoms with E-state index in [1.807, 2.05) is 12.1 Å². The molecule has 2 heterocycles. The molecule has 0 saturated heterocycles. The summed E-state index contributed by atoms with van der Waals surface area (Å²) in [6, 6.07) is 6.24. The molecule has 0 radical (unpaired) electrons. The van der Waals surface area contributed by atoms with E-state index in [1.54, 1.807) is 12.4 Å². The van der Waals surface area contributed by atoms with Gasteiger partial charge in [0.1, 0.15) is 5.60 Å². The van der Waals surface area contributed by atoms with Crippen LogP contribution in [0.2, 0.25) is 0 Å². The SMILES string of the molecule is CC1(C)Cc2cccc(Oc3ncc(I)cn3)c2O1. The van der Waals surface area contributed by atoms with Crippen LogP contribution in [0.4, 0.5) is 0 Å². The van der Waals surface area contributed by atoms with Crippen LogP contribution in [0, 0.1) is 3.57 Å². The van der Waals surface area contributed by atoms with Gasteiger partial charge in [0.25, 0.3) is 0 Å². The van der Waals surface area contributed by atoms with Crippen LogP contribution in [0.25, 0.3) is 0 Å².